The highest BCUT2D eigenvalue weighted by molar-refractivity contribution is 7.89. The number of carboxylic acids is 1. The lowest BCUT2D eigenvalue weighted by molar-refractivity contribution is -0.142. The highest BCUT2D eigenvalue weighted by Gasteiger charge is 2.22. The van der Waals surface area contributed by atoms with Crippen LogP contribution in [0.1, 0.15) is 20.8 Å². The SMILES string of the molecule is CCN(CC)S(=O)(=O)c1ccc(NC(=O)CN(C)C(C)C(=O)O)cc1.Cl. The second-order valence-corrected chi connectivity index (χ2v) is 7.53. The van der Waals surface area contributed by atoms with Crippen LogP contribution in [0.4, 0.5) is 5.69 Å². The number of rotatable bonds is 9. The van der Waals surface area contributed by atoms with Gasteiger partial charge in [0.25, 0.3) is 0 Å². The van der Waals surface area contributed by atoms with Crippen LogP contribution in [0.25, 0.3) is 0 Å². The molecule has 1 unspecified atom stereocenters. The molecule has 1 aromatic carbocycles. The summed E-state index contributed by atoms with van der Waals surface area (Å²) < 4.78 is 26.1. The summed E-state index contributed by atoms with van der Waals surface area (Å²) in [5, 5.41) is 11.5. The Morgan fingerprint density at radius 2 is 1.65 bits per heavy atom. The quantitative estimate of drug-likeness (QED) is 0.642. The van der Waals surface area contributed by atoms with Crippen molar-refractivity contribution in [2.24, 2.45) is 0 Å². The maximum atomic E-state index is 12.4. The molecule has 8 nitrogen and oxygen atoms in total. The standard InChI is InChI=1S/C16H25N3O5S.ClH/c1-5-19(6-2)25(23,24)14-9-7-13(8-10-14)17-15(20)11-18(4)12(3)16(21)22;/h7-10,12H,5-6,11H2,1-4H3,(H,17,20)(H,21,22);1H. The summed E-state index contributed by atoms with van der Waals surface area (Å²) in [6, 6.07) is 5.11. The first-order valence-electron chi connectivity index (χ1n) is 7.96. The van der Waals surface area contributed by atoms with Gasteiger partial charge in [0.05, 0.1) is 11.4 Å². The van der Waals surface area contributed by atoms with E-state index in [1.807, 2.05) is 0 Å². The number of carboxylic acid groups (broad SMARTS) is 1. The van der Waals surface area contributed by atoms with Crippen molar-refractivity contribution in [3.8, 4) is 0 Å². The first-order valence-corrected chi connectivity index (χ1v) is 9.40. The average molecular weight is 408 g/mol. The third-order valence-corrected chi connectivity index (χ3v) is 5.96. The van der Waals surface area contributed by atoms with Crippen molar-refractivity contribution < 1.29 is 23.1 Å². The molecule has 0 saturated heterocycles. The lowest BCUT2D eigenvalue weighted by Crippen LogP contribution is -2.40. The topological polar surface area (TPSA) is 107 Å². The molecule has 10 heteroatoms. The molecule has 2 N–H and O–H groups in total. The summed E-state index contributed by atoms with van der Waals surface area (Å²) in [5.41, 5.74) is 0.444. The monoisotopic (exact) mass is 407 g/mol. The first-order chi connectivity index (χ1) is 11.6. The Labute approximate surface area is 160 Å². The molecular weight excluding hydrogens is 382 g/mol. The third kappa shape index (κ3) is 6.24. The van der Waals surface area contributed by atoms with Gasteiger partial charge in [-0.3, -0.25) is 14.5 Å². The number of nitrogens with one attached hydrogen (secondary N) is 1. The molecule has 0 radical (unpaired) electrons. The molecule has 1 atom stereocenters. The van der Waals surface area contributed by atoms with Crippen LogP contribution in [-0.4, -0.2) is 67.3 Å². The molecule has 0 spiro atoms. The van der Waals surface area contributed by atoms with Crippen LogP contribution >= 0.6 is 12.4 Å². The lowest BCUT2D eigenvalue weighted by atomic mass is 10.3. The minimum Gasteiger partial charge on any atom is -0.480 e. The second kappa shape index (κ2) is 10.5. The summed E-state index contributed by atoms with van der Waals surface area (Å²) in [6.45, 7) is 5.70. The van der Waals surface area contributed by atoms with Crippen LogP contribution in [0.3, 0.4) is 0 Å². The molecule has 26 heavy (non-hydrogen) atoms. The van der Waals surface area contributed by atoms with Gasteiger partial charge in [-0.2, -0.15) is 4.31 Å². The largest absolute Gasteiger partial charge is 0.480 e. The predicted octanol–water partition coefficient (Wildman–Crippen LogP) is 1.48. The molecule has 1 amide bonds. The van der Waals surface area contributed by atoms with Gasteiger partial charge in [0.15, 0.2) is 0 Å². The van der Waals surface area contributed by atoms with Gasteiger partial charge in [0.2, 0.25) is 15.9 Å². The zero-order valence-electron chi connectivity index (χ0n) is 15.3. The lowest BCUT2D eigenvalue weighted by Gasteiger charge is -2.20. The number of hydrogen-bond acceptors (Lipinski definition) is 5. The number of hydrogen-bond donors (Lipinski definition) is 2. The van der Waals surface area contributed by atoms with Gasteiger partial charge in [-0.25, -0.2) is 8.42 Å². The summed E-state index contributed by atoms with van der Waals surface area (Å²) >= 11 is 0. The number of nitrogens with zero attached hydrogens (tertiary/aromatic N) is 2. The minimum absolute atomic E-state index is 0. The third-order valence-electron chi connectivity index (χ3n) is 3.89. The highest BCUT2D eigenvalue weighted by Crippen LogP contribution is 2.18. The summed E-state index contributed by atoms with van der Waals surface area (Å²) in [6.07, 6.45) is 0. The highest BCUT2D eigenvalue weighted by atomic mass is 35.5. The Balaban J connectivity index is 0.00000625. The van der Waals surface area contributed by atoms with Crippen LogP contribution in [-0.2, 0) is 19.6 Å². The van der Waals surface area contributed by atoms with E-state index < -0.39 is 22.0 Å². The second-order valence-electron chi connectivity index (χ2n) is 5.59. The Kier molecular flexibility index (Phi) is 9.79. The van der Waals surface area contributed by atoms with Crippen molar-refractivity contribution in [1.29, 1.82) is 0 Å². The van der Waals surface area contributed by atoms with E-state index in [-0.39, 0.29) is 29.8 Å². The van der Waals surface area contributed by atoms with Crippen LogP contribution in [0.15, 0.2) is 29.2 Å². The number of carbonyl (C=O) groups is 2. The molecule has 0 aliphatic carbocycles. The van der Waals surface area contributed by atoms with Crippen molar-refractivity contribution in [1.82, 2.24) is 9.21 Å². The maximum Gasteiger partial charge on any atom is 0.320 e. The Morgan fingerprint density at radius 3 is 2.08 bits per heavy atom. The van der Waals surface area contributed by atoms with Crippen molar-refractivity contribution in [2.75, 3.05) is 32.0 Å². The molecule has 0 aliphatic heterocycles. The molecule has 1 rings (SSSR count). The van der Waals surface area contributed by atoms with E-state index in [0.29, 0.717) is 18.8 Å². The Bertz CT molecular complexity index is 705. The maximum absolute atomic E-state index is 12.4. The summed E-state index contributed by atoms with van der Waals surface area (Å²) in [5.74, 6) is -1.39. The number of benzene rings is 1. The summed E-state index contributed by atoms with van der Waals surface area (Å²) in [4.78, 5) is 24.4. The van der Waals surface area contributed by atoms with E-state index >= 15 is 0 Å². The fourth-order valence-corrected chi connectivity index (χ4v) is 3.63. The molecule has 0 aliphatic rings. The molecule has 0 aromatic heterocycles. The molecule has 0 fully saturated rings. The van der Waals surface area contributed by atoms with Gasteiger partial charge >= 0.3 is 5.97 Å². The number of amides is 1. The van der Waals surface area contributed by atoms with E-state index in [0.717, 1.165) is 0 Å². The van der Waals surface area contributed by atoms with E-state index in [1.165, 1.54) is 47.4 Å². The van der Waals surface area contributed by atoms with Crippen LogP contribution in [0, 0.1) is 0 Å². The zero-order chi connectivity index (χ0) is 19.2. The fraction of sp³-hybridized carbons (Fsp3) is 0.500. The number of sulfonamides is 1. The Morgan fingerprint density at radius 1 is 1.15 bits per heavy atom. The minimum atomic E-state index is -3.54. The first kappa shape index (κ1) is 24.3. The van der Waals surface area contributed by atoms with Crippen LogP contribution in [0.5, 0.6) is 0 Å². The van der Waals surface area contributed by atoms with E-state index in [1.54, 1.807) is 13.8 Å². The summed E-state index contributed by atoms with van der Waals surface area (Å²) in [7, 11) is -2.00. The fourth-order valence-electron chi connectivity index (χ4n) is 2.18. The van der Waals surface area contributed by atoms with E-state index in [2.05, 4.69) is 5.32 Å². The van der Waals surface area contributed by atoms with Gasteiger partial charge < -0.3 is 10.4 Å². The smallest absolute Gasteiger partial charge is 0.320 e. The molecule has 148 valence electrons. The number of anilines is 1. The van der Waals surface area contributed by atoms with Gasteiger partial charge in [0.1, 0.15) is 6.04 Å². The zero-order valence-corrected chi connectivity index (χ0v) is 16.9. The molecule has 0 heterocycles. The van der Waals surface area contributed by atoms with Crippen LogP contribution < -0.4 is 5.32 Å². The van der Waals surface area contributed by atoms with Crippen LogP contribution in [0.2, 0.25) is 0 Å². The number of likely N-dealkylation sites (N-methyl/N-ethyl adjacent to an activating group) is 1. The molecule has 0 saturated carbocycles. The molecule has 1 aromatic rings. The number of halogens is 1. The molecule has 0 bridgehead atoms. The van der Waals surface area contributed by atoms with Gasteiger partial charge in [-0.05, 0) is 38.2 Å². The number of carbonyl (C=O) groups excluding carboxylic acids is 1. The number of aliphatic carboxylic acids is 1. The predicted molar refractivity (Wildman–Crippen MR) is 102 cm³/mol. The average Bonchev–Trinajstić information content (AvgIpc) is 2.55. The van der Waals surface area contributed by atoms with E-state index in [4.69, 9.17) is 5.11 Å². The van der Waals surface area contributed by atoms with Gasteiger partial charge in [0, 0.05) is 18.8 Å². The van der Waals surface area contributed by atoms with Gasteiger partial charge in [-0.15, -0.1) is 12.4 Å². The van der Waals surface area contributed by atoms with Gasteiger partial charge in [-0.1, -0.05) is 13.8 Å². The van der Waals surface area contributed by atoms with Crippen molar-refractivity contribution in [3.63, 3.8) is 0 Å². The normalized spacial score (nSPS) is 12.5. The van der Waals surface area contributed by atoms with Crippen molar-refractivity contribution in [2.45, 2.75) is 31.7 Å². The molecular formula is C16H26ClN3O5S. The van der Waals surface area contributed by atoms with Crippen molar-refractivity contribution in [3.05, 3.63) is 24.3 Å². The van der Waals surface area contributed by atoms with E-state index in [9.17, 15) is 18.0 Å². The van der Waals surface area contributed by atoms with Crippen molar-refractivity contribution >= 4 is 40.0 Å². The Hall–Kier alpha value is -1.68.